The van der Waals surface area contributed by atoms with E-state index >= 15 is 0 Å². The van der Waals surface area contributed by atoms with E-state index in [1.54, 1.807) is 0 Å². The Labute approximate surface area is 382 Å². The first-order valence-corrected chi connectivity index (χ1v) is 24.7. The molecule has 1 aromatic heterocycles. The quantitative estimate of drug-likeness (QED) is 0.134. The lowest BCUT2D eigenvalue weighted by Crippen LogP contribution is -2.69. The van der Waals surface area contributed by atoms with E-state index in [4.69, 9.17) is 0 Å². The molecule has 0 atom stereocenters. The summed E-state index contributed by atoms with van der Waals surface area (Å²) in [6, 6.07) is 44.1. The van der Waals surface area contributed by atoms with Crippen LogP contribution in [-0.2, 0) is 21.7 Å². The molecule has 0 fully saturated rings. The Morgan fingerprint density at radius 3 is 1.62 bits per heavy atom. The molecule has 5 heteroatoms. The Morgan fingerprint density at radius 1 is 0.476 bits per heavy atom. The number of hydrogen-bond acceptors (Lipinski definition) is 3. The number of fused-ring (bicyclic) bond motifs is 11. The summed E-state index contributed by atoms with van der Waals surface area (Å²) < 4.78 is 2.81. The summed E-state index contributed by atoms with van der Waals surface area (Å²) in [5.74, 6) is 0. The van der Waals surface area contributed by atoms with Gasteiger partial charge in [0.1, 0.15) is 0 Å². The number of benzene rings is 6. The van der Waals surface area contributed by atoms with Gasteiger partial charge < -0.3 is 9.71 Å². The summed E-state index contributed by atoms with van der Waals surface area (Å²) >= 11 is 2.01. The average Bonchev–Trinajstić information content (AvgIpc) is 3.68. The van der Waals surface area contributed by atoms with E-state index in [9.17, 15) is 0 Å². The summed E-state index contributed by atoms with van der Waals surface area (Å²) in [5.41, 5.74) is 23.9. The van der Waals surface area contributed by atoms with Crippen molar-refractivity contribution in [2.24, 2.45) is 0 Å². The molecule has 0 radical (unpaired) electrons. The van der Waals surface area contributed by atoms with E-state index in [0.717, 1.165) is 25.7 Å². The van der Waals surface area contributed by atoms with E-state index in [0.29, 0.717) is 0 Å². The fourth-order valence-corrected chi connectivity index (χ4v) is 12.5. The van der Waals surface area contributed by atoms with Crippen LogP contribution in [0.15, 0.2) is 109 Å². The van der Waals surface area contributed by atoms with Gasteiger partial charge in [0.15, 0.2) is 0 Å². The van der Waals surface area contributed by atoms with Crippen LogP contribution in [0.1, 0.15) is 131 Å². The molecular weight excluding hydrogens is 778 g/mol. The zero-order valence-corrected chi connectivity index (χ0v) is 40.5. The van der Waals surface area contributed by atoms with Crippen molar-refractivity contribution in [2.45, 2.75) is 130 Å². The van der Waals surface area contributed by atoms with Crippen molar-refractivity contribution in [3.8, 4) is 22.3 Å². The van der Waals surface area contributed by atoms with Crippen LogP contribution in [0.5, 0.6) is 0 Å². The Bertz CT molecular complexity index is 3040. The van der Waals surface area contributed by atoms with Gasteiger partial charge >= 0.3 is 6.85 Å². The highest BCUT2D eigenvalue weighted by atomic mass is 32.1. The standard InChI is InChI=1S/C58H62B2N2S/c1-13-55(5,6)35-21-25-39(26-22-35)61-48-30-29-42-40-27-23-36(56(7,8)14-2)32-45(40)60-46-33-37(57(9,10)15-3)24-28-41(46)44-31-38(58(11,12)16-4)34-47-51(44)62(60)52(42)50(48)59(47)54-53(61)43-19-17-18-20-49(43)63-54/h17-34H,13-16H2,1-12H3. The summed E-state index contributed by atoms with van der Waals surface area (Å²) in [5, 5.41) is 1.34. The molecule has 0 unspecified atom stereocenters. The molecule has 316 valence electrons. The molecule has 0 spiro atoms. The fraction of sp³-hybridized carbons (Fsp3) is 0.345. The van der Waals surface area contributed by atoms with Crippen molar-refractivity contribution in [3.05, 3.63) is 131 Å². The first kappa shape index (κ1) is 40.8. The highest BCUT2D eigenvalue weighted by Crippen LogP contribution is 2.53. The predicted octanol–water partition coefficient (Wildman–Crippen LogP) is 13.2. The highest BCUT2D eigenvalue weighted by Gasteiger charge is 2.53. The molecule has 2 nitrogen and oxygen atoms in total. The molecule has 5 heterocycles. The van der Waals surface area contributed by atoms with Gasteiger partial charge in [-0.2, -0.15) is 0 Å². The number of rotatable bonds is 9. The molecule has 0 saturated heterocycles. The van der Waals surface area contributed by atoms with Crippen LogP contribution in [0.3, 0.4) is 0 Å². The lowest BCUT2D eigenvalue weighted by Gasteiger charge is -2.52. The third-order valence-corrected chi connectivity index (χ3v) is 18.3. The van der Waals surface area contributed by atoms with Crippen LogP contribution in [0.25, 0.3) is 32.3 Å². The minimum Gasteiger partial charge on any atom is -0.377 e. The molecule has 6 aromatic carbocycles. The molecule has 0 bridgehead atoms. The van der Waals surface area contributed by atoms with Gasteiger partial charge in [-0.3, -0.25) is 0 Å². The molecule has 0 N–H and O–H groups in total. The summed E-state index contributed by atoms with van der Waals surface area (Å²) in [7, 11) is 0. The molecule has 0 saturated carbocycles. The van der Waals surface area contributed by atoms with Crippen molar-refractivity contribution in [1.29, 1.82) is 0 Å². The SMILES string of the molecule is CCC(C)(C)c1ccc(N2c3ccc4c5c3B(c3cc(C(C)(C)CC)cc6c3N5B(c3cc(C(C)(C)CC)ccc3-6)c3cc(C(C)(C)CC)ccc3-4)c3sc4ccccc4c32)cc1. The lowest BCUT2D eigenvalue weighted by molar-refractivity contribution is 0.506. The summed E-state index contributed by atoms with van der Waals surface area (Å²) in [6.45, 7) is 28.8. The molecule has 0 amide bonds. The first-order chi connectivity index (χ1) is 30.0. The zero-order chi connectivity index (χ0) is 44.1. The van der Waals surface area contributed by atoms with Crippen LogP contribution < -0.4 is 36.3 Å². The second kappa shape index (κ2) is 13.8. The smallest absolute Gasteiger partial charge is 0.329 e. The first-order valence-electron chi connectivity index (χ1n) is 23.9. The van der Waals surface area contributed by atoms with Gasteiger partial charge in [-0.15, -0.1) is 11.3 Å². The third kappa shape index (κ3) is 5.63. The lowest BCUT2D eigenvalue weighted by atomic mass is 9.32. The van der Waals surface area contributed by atoms with Crippen molar-refractivity contribution < 1.29 is 0 Å². The van der Waals surface area contributed by atoms with Gasteiger partial charge in [-0.25, -0.2) is 0 Å². The van der Waals surface area contributed by atoms with Crippen LogP contribution in [0, 0.1) is 0 Å². The third-order valence-electron chi connectivity index (χ3n) is 17.1. The molecular formula is C58H62B2N2S. The van der Waals surface area contributed by atoms with E-state index in [1.807, 2.05) is 11.3 Å². The van der Waals surface area contributed by atoms with Gasteiger partial charge in [0.05, 0.1) is 5.69 Å². The van der Waals surface area contributed by atoms with Crippen molar-refractivity contribution >= 4 is 90.0 Å². The number of thiophene rings is 1. The molecule has 11 rings (SSSR count). The number of anilines is 5. The monoisotopic (exact) mass is 840 g/mol. The van der Waals surface area contributed by atoms with E-state index < -0.39 is 0 Å². The van der Waals surface area contributed by atoms with Crippen LogP contribution >= 0.6 is 11.3 Å². The molecule has 7 aromatic rings. The molecule has 4 aliphatic rings. The maximum Gasteiger partial charge on any atom is 0.329 e. The topological polar surface area (TPSA) is 6.48 Å². The molecule has 63 heavy (non-hydrogen) atoms. The number of nitrogens with zero attached hydrogens (tertiary/aromatic N) is 2. The zero-order valence-electron chi connectivity index (χ0n) is 39.7. The van der Waals surface area contributed by atoms with Crippen LogP contribution in [-0.4, -0.2) is 13.6 Å². The van der Waals surface area contributed by atoms with E-state index in [2.05, 4.69) is 202 Å². The Balaban J connectivity index is 1.30. The van der Waals surface area contributed by atoms with Gasteiger partial charge in [-0.1, -0.05) is 162 Å². The number of hydrogen-bond donors (Lipinski definition) is 0. The Hall–Kier alpha value is -4.99. The highest BCUT2D eigenvalue weighted by molar-refractivity contribution is 7.34. The van der Waals surface area contributed by atoms with Crippen molar-refractivity contribution in [2.75, 3.05) is 9.71 Å². The summed E-state index contributed by atoms with van der Waals surface area (Å²) in [4.78, 5) is 5.50. The maximum absolute atomic E-state index is 2.86. The minimum atomic E-state index is 0.00445. The second-order valence-electron chi connectivity index (χ2n) is 21.8. The summed E-state index contributed by atoms with van der Waals surface area (Å²) in [6.07, 6.45) is 4.34. The Kier molecular flexibility index (Phi) is 8.90. The average molecular weight is 841 g/mol. The second-order valence-corrected chi connectivity index (χ2v) is 22.9. The van der Waals surface area contributed by atoms with E-state index in [1.165, 1.54) is 110 Å². The van der Waals surface area contributed by atoms with E-state index in [-0.39, 0.29) is 35.2 Å². The molecule has 0 aliphatic carbocycles. The Morgan fingerprint density at radius 2 is 1.00 bits per heavy atom. The van der Waals surface area contributed by atoms with Gasteiger partial charge in [-0.05, 0) is 133 Å². The fourth-order valence-electron chi connectivity index (χ4n) is 11.2. The maximum atomic E-state index is 2.86. The van der Waals surface area contributed by atoms with Gasteiger partial charge in [0, 0.05) is 48.7 Å². The van der Waals surface area contributed by atoms with Gasteiger partial charge in [0.25, 0.3) is 6.71 Å². The normalized spacial score (nSPS) is 14.8. The van der Waals surface area contributed by atoms with Gasteiger partial charge in [0.2, 0.25) is 0 Å². The largest absolute Gasteiger partial charge is 0.377 e. The van der Waals surface area contributed by atoms with Crippen molar-refractivity contribution in [3.63, 3.8) is 0 Å². The van der Waals surface area contributed by atoms with Crippen LogP contribution in [0.2, 0.25) is 0 Å². The van der Waals surface area contributed by atoms with Crippen LogP contribution in [0.4, 0.5) is 28.4 Å². The minimum absolute atomic E-state index is 0.00445. The molecule has 4 aliphatic heterocycles. The van der Waals surface area contributed by atoms with Crippen molar-refractivity contribution in [1.82, 2.24) is 0 Å². The predicted molar refractivity (Wildman–Crippen MR) is 279 cm³/mol.